The zero-order valence-electron chi connectivity index (χ0n) is 18.2. The lowest BCUT2D eigenvalue weighted by Gasteiger charge is -2.26. The molecule has 1 aromatic rings. The molecule has 0 amide bonds. The smallest absolute Gasteiger partial charge is 0.193 e. The quantitative estimate of drug-likeness (QED) is 0.378. The van der Waals surface area contributed by atoms with Gasteiger partial charge in [-0.25, -0.2) is 0 Å². The molecule has 1 unspecified atom stereocenters. The molecule has 6 heteroatoms. The maximum absolute atomic E-state index is 5.71. The topological polar surface area (TPSA) is 55.3 Å². The lowest BCUT2D eigenvalue weighted by atomic mass is 9.85. The van der Waals surface area contributed by atoms with Crippen LogP contribution in [0.15, 0.2) is 29.3 Å². The number of aliphatic imine (C=N–C) groups is 1. The zero-order chi connectivity index (χ0) is 20.4. The second-order valence-corrected chi connectivity index (χ2v) is 7.95. The summed E-state index contributed by atoms with van der Waals surface area (Å²) in [6.07, 6.45) is 1.14. The summed E-state index contributed by atoms with van der Waals surface area (Å²) in [5.41, 5.74) is 1.22. The molecule has 0 saturated carbocycles. The van der Waals surface area contributed by atoms with Crippen LogP contribution in [0.5, 0.6) is 5.75 Å². The molecule has 0 spiro atoms. The minimum absolute atomic E-state index is 0.0463. The van der Waals surface area contributed by atoms with Crippen LogP contribution < -0.4 is 10.1 Å². The van der Waals surface area contributed by atoms with Crippen LogP contribution in [0.2, 0.25) is 0 Å². The minimum Gasteiger partial charge on any atom is -0.497 e. The Morgan fingerprint density at radius 2 is 1.96 bits per heavy atom. The number of ether oxygens (including phenoxy) is 3. The molecule has 158 valence electrons. The van der Waals surface area contributed by atoms with E-state index in [0.29, 0.717) is 19.1 Å². The molecule has 1 aromatic carbocycles. The maximum atomic E-state index is 5.71. The van der Waals surface area contributed by atoms with Crippen molar-refractivity contribution >= 4 is 5.96 Å². The number of hydrogen-bond acceptors (Lipinski definition) is 4. The predicted octanol–water partition coefficient (Wildman–Crippen LogP) is 2.92. The largest absolute Gasteiger partial charge is 0.497 e. The average molecular weight is 392 g/mol. The Morgan fingerprint density at radius 3 is 2.61 bits per heavy atom. The summed E-state index contributed by atoms with van der Waals surface area (Å²) in [4.78, 5) is 7.33. The van der Waals surface area contributed by atoms with Crippen molar-refractivity contribution in [2.24, 2.45) is 10.9 Å². The van der Waals surface area contributed by atoms with Gasteiger partial charge in [-0.05, 0) is 31.0 Å². The first-order valence-corrected chi connectivity index (χ1v) is 10.2. The van der Waals surface area contributed by atoms with Crippen molar-refractivity contribution < 1.29 is 14.2 Å². The summed E-state index contributed by atoms with van der Waals surface area (Å²) in [5.74, 6) is 2.44. The summed E-state index contributed by atoms with van der Waals surface area (Å²) < 4.78 is 16.0. The second kappa shape index (κ2) is 11.3. The highest BCUT2D eigenvalue weighted by Crippen LogP contribution is 2.26. The fourth-order valence-electron chi connectivity index (χ4n) is 3.39. The first-order chi connectivity index (χ1) is 13.5. The van der Waals surface area contributed by atoms with E-state index in [1.807, 2.05) is 12.1 Å². The molecule has 1 heterocycles. The number of likely N-dealkylation sites (tertiary alicyclic amines) is 1. The van der Waals surface area contributed by atoms with Gasteiger partial charge >= 0.3 is 0 Å². The van der Waals surface area contributed by atoms with Gasteiger partial charge in [0.05, 0.1) is 33.5 Å². The summed E-state index contributed by atoms with van der Waals surface area (Å²) >= 11 is 0. The molecule has 1 fully saturated rings. The summed E-state index contributed by atoms with van der Waals surface area (Å²) in [6, 6.07) is 8.29. The van der Waals surface area contributed by atoms with Crippen molar-refractivity contribution in [3.05, 3.63) is 29.8 Å². The van der Waals surface area contributed by atoms with Crippen LogP contribution in [0.25, 0.3) is 0 Å². The summed E-state index contributed by atoms with van der Waals surface area (Å²) in [5, 5.41) is 3.46. The lowest BCUT2D eigenvalue weighted by Crippen LogP contribution is -2.41. The Morgan fingerprint density at radius 1 is 1.21 bits per heavy atom. The Labute approximate surface area is 170 Å². The molecule has 0 aliphatic carbocycles. The van der Waals surface area contributed by atoms with Crippen LogP contribution in [-0.2, 0) is 14.9 Å². The van der Waals surface area contributed by atoms with E-state index in [-0.39, 0.29) is 5.41 Å². The molecule has 1 atom stereocenters. The average Bonchev–Trinajstić information content (AvgIpc) is 3.17. The molecule has 1 saturated heterocycles. The predicted molar refractivity (Wildman–Crippen MR) is 114 cm³/mol. The number of guanidine groups is 1. The second-order valence-electron chi connectivity index (χ2n) is 7.95. The van der Waals surface area contributed by atoms with Crippen LogP contribution >= 0.6 is 0 Å². The number of hydrogen-bond donors (Lipinski definition) is 1. The minimum atomic E-state index is -0.0463. The zero-order valence-corrected chi connectivity index (χ0v) is 18.2. The van der Waals surface area contributed by atoms with Crippen LogP contribution in [0.1, 0.15) is 32.8 Å². The summed E-state index contributed by atoms with van der Waals surface area (Å²) in [6.45, 7) is 12.3. The molecule has 1 N–H and O–H groups in total. The fourth-order valence-corrected chi connectivity index (χ4v) is 3.39. The first kappa shape index (κ1) is 22.5. The third-order valence-electron chi connectivity index (χ3n) is 5.20. The van der Waals surface area contributed by atoms with E-state index in [4.69, 9.17) is 19.2 Å². The van der Waals surface area contributed by atoms with E-state index in [9.17, 15) is 0 Å². The molecule has 0 aromatic heterocycles. The van der Waals surface area contributed by atoms with Gasteiger partial charge in [0.2, 0.25) is 0 Å². The first-order valence-electron chi connectivity index (χ1n) is 10.2. The number of nitrogens with one attached hydrogen (secondary N) is 1. The normalized spacial score (nSPS) is 17.8. The van der Waals surface area contributed by atoms with Gasteiger partial charge in [0, 0.05) is 38.1 Å². The van der Waals surface area contributed by atoms with E-state index in [2.05, 4.69) is 43.1 Å². The summed E-state index contributed by atoms with van der Waals surface area (Å²) in [7, 11) is 3.40. The van der Waals surface area contributed by atoms with Crippen LogP contribution in [0, 0.1) is 5.92 Å². The monoisotopic (exact) mass is 391 g/mol. The molecule has 6 nitrogen and oxygen atoms in total. The van der Waals surface area contributed by atoms with Crippen LogP contribution in [-0.4, -0.2) is 71.1 Å². The Balaban J connectivity index is 1.95. The van der Waals surface area contributed by atoms with Gasteiger partial charge in [0.15, 0.2) is 5.96 Å². The molecule has 0 bridgehead atoms. The molecule has 2 rings (SSSR count). The Hall–Kier alpha value is -1.79. The van der Waals surface area contributed by atoms with Gasteiger partial charge in [0.1, 0.15) is 5.75 Å². The molecular formula is C22H37N3O3. The van der Waals surface area contributed by atoms with Gasteiger partial charge in [-0.2, -0.15) is 0 Å². The van der Waals surface area contributed by atoms with Crippen LogP contribution in [0.4, 0.5) is 0 Å². The van der Waals surface area contributed by atoms with Gasteiger partial charge in [-0.1, -0.05) is 26.0 Å². The Bertz CT molecular complexity index is 602. The highest BCUT2D eigenvalue weighted by atomic mass is 16.5. The SMILES string of the molecule is CCNC(=NCC(C)(C)c1ccc(OC)cc1)N1CCC(COCCOC)C1. The highest BCUT2D eigenvalue weighted by Gasteiger charge is 2.26. The molecule has 1 aliphatic heterocycles. The Kier molecular flexibility index (Phi) is 9.06. The molecule has 0 radical (unpaired) electrons. The highest BCUT2D eigenvalue weighted by molar-refractivity contribution is 5.80. The number of rotatable bonds is 10. The molecule has 1 aliphatic rings. The van der Waals surface area contributed by atoms with E-state index < -0.39 is 0 Å². The van der Waals surface area contributed by atoms with Crippen molar-refractivity contribution in [3.63, 3.8) is 0 Å². The van der Waals surface area contributed by atoms with Gasteiger partial charge in [0.25, 0.3) is 0 Å². The van der Waals surface area contributed by atoms with E-state index in [1.54, 1.807) is 14.2 Å². The third kappa shape index (κ3) is 6.67. The maximum Gasteiger partial charge on any atom is 0.193 e. The number of methoxy groups -OCH3 is 2. The number of nitrogens with zero attached hydrogens (tertiary/aromatic N) is 2. The van der Waals surface area contributed by atoms with Gasteiger partial charge in [-0.3, -0.25) is 4.99 Å². The molecular weight excluding hydrogens is 354 g/mol. The van der Waals surface area contributed by atoms with Gasteiger partial charge < -0.3 is 24.4 Å². The molecule has 28 heavy (non-hydrogen) atoms. The van der Waals surface area contributed by atoms with E-state index in [0.717, 1.165) is 50.9 Å². The van der Waals surface area contributed by atoms with Crippen molar-refractivity contribution in [3.8, 4) is 5.75 Å². The van der Waals surface area contributed by atoms with Crippen molar-refractivity contribution in [1.82, 2.24) is 10.2 Å². The van der Waals surface area contributed by atoms with Crippen molar-refractivity contribution in [2.75, 3.05) is 60.2 Å². The van der Waals surface area contributed by atoms with E-state index >= 15 is 0 Å². The van der Waals surface area contributed by atoms with Crippen molar-refractivity contribution in [2.45, 2.75) is 32.6 Å². The van der Waals surface area contributed by atoms with Crippen LogP contribution in [0.3, 0.4) is 0 Å². The van der Waals surface area contributed by atoms with E-state index in [1.165, 1.54) is 5.56 Å². The van der Waals surface area contributed by atoms with Crippen molar-refractivity contribution in [1.29, 1.82) is 0 Å². The lowest BCUT2D eigenvalue weighted by molar-refractivity contribution is 0.0536. The standard InChI is InChI=1S/C22H37N3O3/c1-6-23-21(25-12-11-18(15-25)16-28-14-13-26-4)24-17-22(2,3)19-7-9-20(27-5)10-8-19/h7-10,18H,6,11-17H2,1-5H3,(H,23,24). The number of benzene rings is 1. The third-order valence-corrected chi connectivity index (χ3v) is 5.20. The fraction of sp³-hybridized carbons (Fsp3) is 0.682. The van der Waals surface area contributed by atoms with Gasteiger partial charge in [-0.15, -0.1) is 0 Å².